The Morgan fingerprint density at radius 1 is 0.860 bits per heavy atom. The molecule has 4 amide bonds. The molecular formula is C37H48F3N12O5+. The topological polar surface area (TPSA) is 236 Å². The highest BCUT2D eigenvalue weighted by molar-refractivity contribution is 5.99. The van der Waals surface area contributed by atoms with Crippen molar-refractivity contribution >= 4 is 40.4 Å². The van der Waals surface area contributed by atoms with Crippen LogP contribution in [0.4, 0.5) is 23.7 Å². The number of anilines is 1. The smallest absolute Gasteiger partial charge is 0.416 e. The van der Waals surface area contributed by atoms with Crippen molar-refractivity contribution in [3.05, 3.63) is 92.8 Å². The largest absolute Gasteiger partial charge is 0.444 e. The quantitative estimate of drug-likeness (QED) is 0.0479. The Balaban J connectivity index is 1.91. The van der Waals surface area contributed by atoms with Crippen LogP contribution in [0, 0.1) is 0 Å². The van der Waals surface area contributed by atoms with Gasteiger partial charge in [0.2, 0.25) is 17.7 Å². The van der Waals surface area contributed by atoms with Crippen molar-refractivity contribution in [3.63, 3.8) is 0 Å². The molecule has 0 saturated carbocycles. The number of alkyl halides is 3. The molecule has 0 radical (unpaired) electrons. The summed E-state index contributed by atoms with van der Waals surface area (Å²) in [6.45, 7) is 7.78. The van der Waals surface area contributed by atoms with E-state index in [0.717, 1.165) is 17.5 Å². The minimum Gasteiger partial charge on any atom is -0.444 e. The van der Waals surface area contributed by atoms with E-state index in [2.05, 4.69) is 46.3 Å². The lowest BCUT2D eigenvalue weighted by Crippen LogP contribution is -2.56. The predicted molar refractivity (Wildman–Crippen MR) is 206 cm³/mol. The number of carbonyl (C=O) groups is 4. The second-order valence-corrected chi connectivity index (χ2v) is 14.6. The van der Waals surface area contributed by atoms with Gasteiger partial charge in [0.15, 0.2) is 0 Å². The summed E-state index contributed by atoms with van der Waals surface area (Å²) in [7, 11) is 1.85. The maximum atomic E-state index is 14.1. The van der Waals surface area contributed by atoms with Gasteiger partial charge in [0.25, 0.3) is 0 Å². The van der Waals surface area contributed by atoms with Gasteiger partial charge in [-0.25, -0.2) is 4.79 Å². The number of quaternary nitrogens is 1. The Morgan fingerprint density at radius 3 is 2.07 bits per heavy atom. The molecule has 3 rings (SSSR count). The summed E-state index contributed by atoms with van der Waals surface area (Å²) in [5.74, 6) is -2.23. The molecule has 0 unspecified atom stereocenters. The Kier molecular flexibility index (Phi) is 16.5. The maximum absolute atomic E-state index is 14.1. The Morgan fingerprint density at radius 2 is 1.47 bits per heavy atom. The van der Waals surface area contributed by atoms with E-state index in [0.29, 0.717) is 42.8 Å². The highest BCUT2D eigenvalue weighted by Gasteiger charge is 2.32. The molecule has 1 heterocycles. The molecule has 0 bridgehead atoms. The second-order valence-electron chi connectivity index (χ2n) is 14.6. The Bertz CT molecular complexity index is 1940. The van der Waals surface area contributed by atoms with Gasteiger partial charge < -0.3 is 30.5 Å². The first-order valence-electron chi connectivity index (χ1n) is 18.1. The zero-order chi connectivity index (χ0) is 42.2. The van der Waals surface area contributed by atoms with Gasteiger partial charge in [-0.1, -0.05) is 40.6 Å². The van der Waals surface area contributed by atoms with E-state index in [4.69, 9.17) is 15.8 Å². The van der Waals surface area contributed by atoms with E-state index in [1.54, 1.807) is 51.1 Å². The number of pyridine rings is 1. The summed E-state index contributed by atoms with van der Waals surface area (Å²) in [5, 5.41) is 18.4. The van der Waals surface area contributed by atoms with Crippen LogP contribution in [0.5, 0.6) is 0 Å². The van der Waals surface area contributed by atoms with Crippen LogP contribution in [-0.2, 0) is 31.7 Å². The molecule has 57 heavy (non-hydrogen) atoms. The first-order chi connectivity index (χ1) is 26.8. The van der Waals surface area contributed by atoms with E-state index in [1.165, 1.54) is 25.3 Å². The van der Waals surface area contributed by atoms with Crippen molar-refractivity contribution in [1.29, 1.82) is 0 Å². The fraction of sp³-hybridized carbons (Fsp3) is 0.486. The number of rotatable bonds is 19. The molecule has 4 N–H and O–H groups in total. The number of halogens is 3. The highest BCUT2D eigenvalue weighted by Crippen LogP contribution is 2.29. The number of nitrogens with one attached hydrogen (secondary N) is 4. The fourth-order valence-electron chi connectivity index (χ4n) is 5.71. The van der Waals surface area contributed by atoms with Gasteiger partial charge in [0, 0.05) is 21.6 Å². The zero-order valence-electron chi connectivity index (χ0n) is 32.4. The van der Waals surface area contributed by atoms with Gasteiger partial charge in [-0.05, 0) is 81.4 Å². The summed E-state index contributed by atoms with van der Waals surface area (Å²) >= 11 is 0. The van der Waals surface area contributed by atoms with Gasteiger partial charge in [0.05, 0.1) is 62.7 Å². The van der Waals surface area contributed by atoms with Gasteiger partial charge >= 0.3 is 12.3 Å². The summed E-state index contributed by atoms with van der Waals surface area (Å²) < 4.78 is 45.5. The molecule has 3 aromatic rings. The van der Waals surface area contributed by atoms with Crippen LogP contribution < -0.4 is 21.3 Å². The van der Waals surface area contributed by atoms with Crippen LogP contribution in [0.1, 0.15) is 51.7 Å². The number of ether oxygens (including phenoxy) is 1. The van der Waals surface area contributed by atoms with Crippen molar-refractivity contribution in [3.8, 4) is 0 Å². The number of hydrogen-bond donors (Lipinski definition) is 4. The van der Waals surface area contributed by atoms with Crippen LogP contribution in [-0.4, -0.2) is 96.8 Å². The summed E-state index contributed by atoms with van der Waals surface area (Å²) in [4.78, 5) is 63.7. The first-order valence-corrected chi connectivity index (χ1v) is 18.1. The molecule has 306 valence electrons. The van der Waals surface area contributed by atoms with Crippen LogP contribution in [0.15, 0.2) is 71.0 Å². The molecular weight excluding hydrogens is 749 g/mol. The van der Waals surface area contributed by atoms with E-state index < -0.39 is 59.3 Å². The number of carbonyl (C=O) groups excluding carboxylic acids is 4. The van der Waals surface area contributed by atoms with Gasteiger partial charge in [-0.15, -0.1) is 0 Å². The van der Waals surface area contributed by atoms with Crippen molar-refractivity contribution in [2.75, 3.05) is 45.1 Å². The average Bonchev–Trinajstić information content (AvgIpc) is 3.13. The molecule has 1 aromatic heterocycles. The number of likely N-dealkylation sites (N-methyl/N-ethyl adjacent to an activating group) is 1. The molecule has 0 saturated heterocycles. The number of alkyl carbamates (subject to hydrolysis) is 1. The van der Waals surface area contributed by atoms with E-state index in [-0.39, 0.29) is 30.4 Å². The lowest BCUT2D eigenvalue weighted by atomic mass is 10.0. The lowest BCUT2D eigenvalue weighted by molar-refractivity contribution is -0.907. The Hall–Kier alpha value is -6.10. The molecule has 0 aliphatic rings. The van der Waals surface area contributed by atoms with Crippen molar-refractivity contribution < 1.29 is 41.6 Å². The molecule has 20 heteroatoms. The maximum Gasteiger partial charge on any atom is 0.416 e. The number of para-hydroxylation sites is 1. The molecule has 2 aromatic carbocycles. The lowest BCUT2D eigenvalue weighted by Gasteiger charge is -2.34. The number of azide groups is 2. The highest BCUT2D eigenvalue weighted by atomic mass is 19.4. The molecule has 17 nitrogen and oxygen atoms in total. The molecule has 0 fully saturated rings. The monoisotopic (exact) mass is 797 g/mol. The van der Waals surface area contributed by atoms with Crippen molar-refractivity contribution in [2.45, 2.75) is 76.9 Å². The number of nitrogens with zero attached hydrogens (tertiary/aromatic N) is 8. The van der Waals surface area contributed by atoms with Crippen LogP contribution >= 0.6 is 0 Å². The minimum atomic E-state index is -4.59. The predicted octanol–water partition coefficient (Wildman–Crippen LogP) is 6.17. The molecule has 0 spiro atoms. The fourth-order valence-corrected chi connectivity index (χ4v) is 5.71. The standard InChI is InChI=1S/C37H47F3N12O5/c1-24(46-35(56)57-36(2,3)4)32(53)48-30(11-8-18-52(5,19-16-44-50-41)20-17-45-51-42)33(54)49-31(21-25-12-14-27(15-13-25)37(38,39)40)34(55)47-28-22-26-9-6-7-10-29(26)43-23-28/h6-7,9-10,12-15,22-24,30-31H,8,11,16-21H2,1-5H3,(H3-,46,47,48,49,53,54,55,56)/p+1/t24-,30+,31+/m1/s1. The number of hydrogen-bond acceptors (Lipinski definition) is 8. The summed E-state index contributed by atoms with van der Waals surface area (Å²) in [5.41, 5.74) is 17.1. The molecule has 0 aliphatic carbocycles. The van der Waals surface area contributed by atoms with Crippen molar-refractivity contribution in [1.82, 2.24) is 20.9 Å². The Labute approximate surface area is 327 Å². The van der Waals surface area contributed by atoms with E-state index >= 15 is 0 Å². The average molecular weight is 798 g/mol. The normalized spacial score (nSPS) is 14.0. The van der Waals surface area contributed by atoms with Crippen molar-refractivity contribution in [2.24, 2.45) is 10.2 Å². The zero-order valence-corrected chi connectivity index (χ0v) is 32.4. The van der Waals surface area contributed by atoms with Crippen LogP contribution in [0.25, 0.3) is 31.8 Å². The minimum absolute atomic E-state index is 0.0246. The molecule has 3 atom stereocenters. The van der Waals surface area contributed by atoms with Crippen LogP contribution in [0.2, 0.25) is 0 Å². The van der Waals surface area contributed by atoms with E-state index in [9.17, 15) is 32.3 Å². The SMILES string of the molecule is C[C@@H](NC(=O)OC(C)(C)C)C(=O)N[C@@H](CCC[N+](C)(CCN=[N+]=[N-])CCN=[N+]=[N-])C(=O)N[C@@H](Cc1ccc(C(F)(F)F)cc1)C(=O)Nc1cnc2ccccc2c1. The second kappa shape index (κ2) is 20.7. The third kappa shape index (κ3) is 15.5. The van der Waals surface area contributed by atoms with Gasteiger partial charge in [0.1, 0.15) is 23.7 Å². The third-order valence-electron chi connectivity index (χ3n) is 8.77. The number of fused-ring (bicyclic) bond motifs is 1. The van der Waals surface area contributed by atoms with E-state index in [1.807, 2.05) is 7.05 Å². The van der Waals surface area contributed by atoms with Gasteiger partial charge in [-0.3, -0.25) is 19.4 Å². The molecule has 0 aliphatic heterocycles. The van der Waals surface area contributed by atoms with Gasteiger partial charge in [-0.2, -0.15) is 13.2 Å². The number of amides is 4. The summed E-state index contributed by atoms with van der Waals surface area (Å²) in [6, 6.07) is 9.26. The number of benzene rings is 2. The number of aromatic nitrogens is 1. The third-order valence-corrected chi connectivity index (χ3v) is 8.77. The summed E-state index contributed by atoms with van der Waals surface area (Å²) in [6.07, 6.45) is -3.92. The first kappa shape index (κ1) is 45.3. The van der Waals surface area contributed by atoms with Crippen LogP contribution in [0.3, 0.4) is 0 Å².